The maximum Gasteiger partial charge on any atom is 0.573 e. The van der Waals surface area contributed by atoms with E-state index in [0.29, 0.717) is 28.6 Å². The van der Waals surface area contributed by atoms with Gasteiger partial charge >= 0.3 is 6.36 Å². The summed E-state index contributed by atoms with van der Waals surface area (Å²) >= 11 is 1.08. The number of hydrogen-bond acceptors (Lipinski definition) is 8. The first-order valence-electron chi connectivity index (χ1n) is 12.1. The molecule has 1 fully saturated rings. The third-order valence-corrected chi connectivity index (χ3v) is 6.50. The number of anilines is 1. The molecule has 11 heteroatoms. The molecular weight excluding hydrogens is 533 g/mol. The predicted octanol–water partition coefficient (Wildman–Crippen LogP) is 5.87. The van der Waals surface area contributed by atoms with Gasteiger partial charge in [0, 0.05) is 43.2 Å². The highest BCUT2D eigenvalue weighted by Crippen LogP contribution is 2.29. The Kier molecular flexibility index (Phi) is 11.2. The van der Waals surface area contributed by atoms with Gasteiger partial charge in [-0.15, -0.1) is 13.2 Å². The Labute approximate surface area is 230 Å². The van der Waals surface area contributed by atoms with Crippen molar-refractivity contribution >= 4 is 24.0 Å². The fourth-order valence-electron chi connectivity index (χ4n) is 3.67. The monoisotopic (exact) mass is 564 g/mol. The Morgan fingerprint density at radius 1 is 0.846 bits per heavy atom. The van der Waals surface area contributed by atoms with Crippen LogP contribution < -0.4 is 23.3 Å². The molecule has 0 spiro atoms. The minimum absolute atomic E-state index is 0.252. The van der Waals surface area contributed by atoms with Crippen LogP contribution in [0.1, 0.15) is 5.56 Å². The van der Waals surface area contributed by atoms with Gasteiger partial charge in [0.25, 0.3) is 0 Å². The highest BCUT2D eigenvalue weighted by atomic mass is 32.2. The molecule has 1 aliphatic rings. The van der Waals surface area contributed by atoms with Gasteiger partial charge in [-0.2, -0.15) is 0 Å². The lowest BCUT2D eigenvalue weighted by molar-refractivity contribution is -0.274. The molecule has 7 nitrogen and oxygen atoms in total. The van der Waals surface area contributed by atoms with Crippen molar-refractivity contribution in [1.29, 1.82) is 0 Å². The summed E-state index contributed by atoms with van der Waals surface area (Å²) in [5, 5.41) is 0. The number of alkyl halides is 3. The van der Waals surface area contributed by atoms with Crippen LogP contribution in [0.5, 0.6) is 23.0 Å². The molecule has 1 heterocycles. The zero-order valence-corrected chi connectivity index (χ0v) is 22.8. The zero-order valence-electron chi connectivity index (χ0n) is 21.9. The van der Waals surface area contributed by atoms with Crippen LogP contribution in [0.4, 0.5) is 18.9 Å². The smallest absolute Gasteiger partial charge is 0.493 e. The number of benzene rings is 3. The number of ether oxygens (including phenoxy) is 3. The van der Waals surface area contributed by atoms with Gasteiger partial charge in [-0.25, -0.2) is 0 Å². The van der Waals surface area contributed by atoms with Crippen LogP contribution in [0.25, 0.3) is 0 Å². The molecule has 0 saturated carbocycles. The van der Waals surface area contributed by atoms with Gasteiger partial charge in [0.05, 0.1) is 26.3 Å². The van der Waals surface area contributed by atoms with Crippen LogP contribution in [0, 0.1) is 0 Å². The van der Waals surface area contributed by atoms with Crippen molar-refractivity contribution in [3.63, 3.8) is 0 Å². The van der Waals surface area contributed by atoms with Gasteiger partial charge in [-0.05, 0) is 73.3 Å². The molecule has 0 radical (unpaired) electrons. The van der Waals surface area contributed by atoms with E-state index in [4.69, 9.17) is 13.7 Å². The van der Waals surface area contributed by atoms with E-state index < -0.39 is 6.36 Å². The molecule has 1 saturated heterocycles. The fourth-order valence-corrected chi connectivity index (χ4v) is 4.22. The SMILES string of the molecule is CN1CCN(c2ccc(OSc3ccc(OC(F)(F)F)cc3)cc2)CC1.COc1ccc(CC=O)cc1OC. The van der Waals surface area contributed by atoms with Crippen molar-refractivity contribution in [2.75, 3.05) is 52.3 Å². The van der Waals surface area contributed by atoms with Gasteiger partial charge < -0.3 is 33.0 Å². The molecule has 0 atom stereocenters. The van der Waals surface area contributed by atoms with Crippen LogP contribution in [-0.2, 0) is 11.2 Å². The summed E-state index contributed by atoms with van der Waals surface area (Å²) in [5.74, 6) is 1.76. The van der Waals surface area contributed by atoms with Crippen molar-refractivity contribution in [1.82, 2.24) is 4.90 Å². The molecule has 210 valence electrons. The minimum atomic E-state index is -4.68. The van der Waals surface area contributed by atoms with Crippen molar-refractivity contribution in [3.8, 4) is 23.0 Å². The summed E-state index contributed by atoms with van der Waals surface area (Å²) in [6.07, 6.45) is -3.42. The minimum Gasteiger partial charge on any atom is -0.493 e. The number of carbonyl (C=O) groups is 1. The Balaban J connectivity index is 0.000000272. The lowest BCUT2D eigenvalue weighted by Crippen LogP contribution is -2.44. The van der Waals surface area contributed by atoms with Crippen LogP contribution in [-0.4, -0.2) is 65.0 Å². The molecule has 0 N–H and O–H groups in total. The maximum absolute atomic E-state index is 12.1. The average Bonchev–Trinajstić information content (AvgIpc) is 2.93. The third-order valence-electron chi connectivity index (χ3n) is 5.76. The van der Waals surface area contributed by atoms with E-state index >= 15 is 0 Å². The third kappa shape index (κ3) is 9.92. The maximum atomic E-state index is 12.1. The Morgan fingerprint density at radius 3 is 2.03 bits per heavy atom. The molecule has 3 aromatic carbocycles. The van der Waals surface area contributed by atoms with Crippen LogP contribution in [0.2, 0.25) is 0 Å². The summed E-state index contributed by atoms with van der Waals surface area (Å²) < 4.78 is 56.0. The first-order valence-corrected chi connectivity index (χ1v) is 12.8. The van der Waals surface area contributed by atoms with Crippen LogP contribution in [0.3, 0.4) is 0 Å². The van der Waals surface area contributed by atoms with Gasteiger partial charge in [-0.3, -0.25) is 0 Å². The number of nitrogens with zero attached hydrogens (tertiary/aromatic N) is 2. The fraction of sp³-hybridized carbons (Fsp3) is 0.321. The average molecular weight is 565 g/mol. The van der Waals surface area contributed by atoms with Crippen molar-refractivity contribution < 1.29 is 36.4 Å². The predicted molar refractivity (Wildman–Crippen MR) is 145 cm³/mol. The van der Waals surface area contributed by atoms with E-state index in [2.05, 4.69) is 21.6 Å². The molecule has 3 aromatic rings. The highest BCUT2D eigenvalue weighted by Gasteiger charge is 2.31. The van der Waals surface area contributed by atoms with Gasteiger partial charge in [0.1, 0.15) is 17.8 Å². The topological polar surface area (TPSA) is 60.5 Å². The quantitative estimate of drug-likeness (QED) is 0.236. The molecule has 0 aliphatic carbocycles. The van der Waals surface area contributed by atoms with E-state index in [0.717, 1.165) is 55.8 Å². The molecule has 0 bridgehead atoms. The molecule has 39 heavy (non-hydrogen) atoms. The number of rotatable bonds is 9. The lowest BCUT2D eigenvalue weighted by Gasteiger charge is -2.34. The molecular formula is C28H31F3N2O5S. The summed E-state index contributed by atoms with van der Waals surface area (Å²) in [6.45, 7) is 4.08. The van der Waals surface area contributed by atoms with E-state index in [1.54, 1.807) is 26.4 Å². The molecule has 0 aromatic heterocycles. The second-order valence-corrected chi connectivity index (χ2v) is 9.33. The summed E-state index contributed by atoms with van der Waals surface area (Å²) in [4.78, 5) is 15.6. The first-order chi connectivity index (χ1) is 18.7. The van der Waals surface area contributed by atoms with Crippen molar-refractivity contribution in [2.45, 2.75) is 17.7 Å². The number of halogens is 3. The Morgan fingerprint density at radius 2 is 1.46 bits per heavy atom. The molecule has 1 aliphatic heterocycles. The number of piperazine rings is 1. The van der Waals surface area contributed by atoms with E-state index in [-0.39, 0.29) is 5.75 Å². The second kappa shape index (κ2) is 14.5. The second-order valence-electron chi connectivity index (χ2n) is 8.53. The summed E-state index contributed by atoms with van der Waals surface area (Å²) in [6, 6.07) is 18.8. The van der Waals surface area contributed by atoms with Crippen molar-refractivity contribution in [2.24, 2.45) is 0 Å². The molecule has 0 amide bonds. The number of methoxy groups -OCH3 is 2. The number of likely N-dealkylation sites (N-methyl/N-ethyl adjacent to an activating group) is 1. The standard InChI is InChI=1S/C18H19F3N2O2S.C10H12O3/c1-22-10-12-23(13-11-22)14-2-4-16(5-3-14)25-26-17-8-6-15(7-9-17)24-18(19,20)21;1-12-9-4-3-8(5-6-11)7-10(9)13-2/h2-9H,10-13H2,1H3;3-4,6-7H,5H2,1-2H3. The van der Waals surface area contributed by atoms with Gasteiger partial charge in [0.2, 0.25) is 0 Å². The first kappa shape index (κ1) is 30.0. The molecule has 0 unspecified atom stereocenters. The summed E-state index contributed by atoms with van der Waals surface area (Å²) in [5.41, 5.74) is 2.08. The normalized spacial score (nSPS) is 13.6. The molecule has 4 rings (SSSR count). The van der Waals surface area contributed by atoms with Crippen molar-refractivity contribution in [3.05, 3.63) is 72.3 Å². The number of carbonyl (C=O) groups excluding carboxylic acids is 1. The highest BCUT2D eigenvalue weighted by molar-refractivity contribution is 7.95. The van der Waals surface area contributed by atoms with Crippen LogP contribution >= 0.6 is 12.0 Å². The summed E-state index contributed by atoms with van der Waals surface area (Å²) in [7, 11) is 5.27. The van der Waals surface area contributed by atoms with Crippen LogP contribution in [0.15, 0.2) is 71.6 Å². The number of hydrogen-bond donors (Lipinski definition) is 0. The number of aldehydes is 1. The Bertz CT molecular complexity index is 1170. The van der Waals surface area contributed by atoms with Gasteiger partial charge in [0.15, 0.2) is 11.5 Å². The largest absolute Gasteiger partial charge is 0.573 e. The van der Waals surface area contributed by atoms with E-state index in [1.165, 1.54) is 24.3 Å². The Hall–Kier alpha value is -3.57. The van der Waals surface area contributed by atoms with Gasteiger partial charge in [-0.1, -0.05) is 6.07 Å². The van der Waals surface area contributed by atoms with E-state index in [9.17, 15) is 18.0 Å². The lowest BCUT2D eigenvalue weighted by atomic mass is 10.1. The van der Waals surface area contributed by atoms with E-state index in [1.807, 2.05) is 30.3 Å². The zero-order chi connectivity index (χ0) is 28.3.